The highest BCUT2D eigenvalue weighted by Crippen LogP contribution is 2.75. The number of hydrogen-bond donors (Lipinski definition) is 0. The second-order valence-electron chi connectivity index (χ2n) is 12.0. The largest absolute Gasteiger partial charge is 0.366 e. The highest BCUT2D eigenvalue weighted by Gasteiger charge is 2.84. The van der Waals surface area contributed by atoms with Crippen molar-refractivity contribution in [2.24, 2.45) is 40.4 Å². The van der Waals surface area contributed by atoms with Gasteiger partial charge in [-0.15, -0.1) is 0 Å². The van der Waals surface area contributed by atoms with E-state index in [1.165, 1.54) is 25.7 Å². The van der Waals surface area contributed by atoms with Crippen LogP contribution in [0.4, 0.5) is 0 Å². The zero-order valence-corrected chi connectivity index (χ0v) is 19.8. The van der Waals surface area contributed by atoms with Crippen molar-refractivity contribution in [1.29, 1.82) is 0 Å². The highest BCUT2D eigenvalue weighted by atomic mass is 16.7. The molecule has 3 aliphatic heterocycles. The molecule has 7 rings (SSSR count). The molecule has 6 fully saturated rings. The Morgan fingerprint density at radius 3 is 2.66 bits per heavy atom. The van der Waals surface area contributed by atoms with Crippen LogP contribution in [0.1, 0.15) is 46.5 Å². The Bertz CT molecular complexity index is 810. The number of methoxy groups -OCH3 is 1. The molecule has 0 aromatic heterocycles. The van der Waals surface area contributed by atoms with Crippen LogP contribution in [0.25, 0.3) is 0 Å². The van der Waals surface area contributed by atoms with E-state index in [4.69, 9.17) is 28.4 Å². The summed E-state index contributed by atoms with van der Waals surface area (Å²) in [5.74, 6) is 3.07. The normalized spacial score (nSPS) is 58.4. The summed E-state index contributed by atoms with van der Waals surface area (Å²) in [6.45, 7) is 9.18. The van der Waals surface area contributed by atoms with Crippen molar-refractivity contribution in [2.75, 3.05) is 27.1 Å². The monoisotopic (exact) mass is 446 g/mol. The fourth-order valence-electron chi connectivity index (χ4n) is 9.51. The van der Waals surface area contributed by atoms with Gasteiger partial charge in [-0.2, -0.15) is 0 Å². The molecule has 0 aromatic carbocycles. The van der Waals surface area contributed by atoms with Crippen molar-refractivity contribution in [3.05, 3.63) is 12.2 Å². The first-order chi connectivity index (χ1) is 15.5. The molecule has 0 aromatic rings. The zero-order valence-electron chi connectivity index (χ0n) is 19.8. The van der Waals surface area contributed by atoms with Crippen LogP contribution in [0.3, 0.4) is 0 Å². The minimum absolute atomic E-state index is 0.00814. The third-order valence-electron chi connectivity index (χ3n) is 11.1. The van der Waals surface area contributed by atoms with Crippen molar-refractivity contribution >= 4 is 0 Å². The molecule has 3 saturated carbocycles. The fourth-order valence-corrected chi connectivity index (χ4v) is 9.51. The number of allylic oxidation sites excluding steroid dienone is 1. The second-order valence-corrected chi connectivity index (χ2v) is 12.0. The summed E-state index contributed by atoms with van der Waals surface area (Å²) in [6.07, 6.45) is 10.6. The van der Waals surface area contributed by atoms with Crippen LogP contribution >= 0.6 is 0 Å². The predicted molar refractivity (Wildman–Crippen MR) is 116 cm³/mol. The van der Waals surface area contributed by atoms with Gasteiger partial charge in [-0.1, -0.05) is 32.9 Å². The molecular formula is C26H38O6. The SMILES string of the molecule is COCO[C@H]1[C@@H]2O[C@@H]2[C@]2(C)[C@H]3CC[C@]4(C)[C@@H](C(C)C5OCCO5)CC[C@H]4[C@@H]3C=C[C@]23O[C@H]13. The van der Waals surface area contributed by atoms with E-state index in [-0.39, 0.29) is 41.7 Å². The highest BCUT2D eigenvalue weighted by molar-refractivity contribution is 5.39. The standard InChI is InChI=1S/C26H38O6/c1-14(23-28-11-12-29-23)16-5-6-17-15-7-10-26-22(32-26)19(30-13-27-4)20-21(31-20)25(26,3)18(15)8-9-24(16,17)2/h7,10,14-23H,5-6,8-9,11-13H2,1-4H3/t14?,15-,16+,17-,18-,19-,20-,21-,22+,24+,25-,26+/m0/s1. The molecule has 0 radical (unpaired) electrons. The molecule has 7 aliphatic rings. The number of epoxide rings is 2. The molecule has 4 aliphatic carbocycles. The van der Waals surface area contributed by atoms with E-state index >= 15 is 0 Å². The molecule has 0 N–H and O–H groups in total. The van der Waals surface area contributed by atoms with Crippen LogP contribution in [0.5, 0.6) is 0 Å². The van der Waals surface area contributed by atoms with E-state index in [2.05, 4.69) is 32.9 Å². The van der Waals surface area contributed by atoms with Gasteiger partial charge < -0.3 is 28.4 Å². The van der Waals surface area contributed by atoms with Crippen LogP contribution in [-0.4, -0.2) is 63.4 Å². The number of ether oxygens (including phenoxy) is 6. The second kappa shape index (κ2) is 6.79. The summed E-state index contributed by atoms with van der Waals surface area (Å²) in [7, 11) is 1.67. The Morgan fingerprint density at radius 1 is 1.06 bits per heavy atom. The summed E-state index contributed by atoms with van der Waals surface area (Å²) in [6, 6.07) is 0. The maximum atomic E-state index is 6.51. The Balaban J connectivity index is 1.17. The Morgan fingerprint density at radius 2 is 1.88 bits per heavy atom. The molecule has 178 valence electrons. The molecule has 12 atom stereocenters. The maximum Gasteiger partial charge on any atom is 0.160 e. The van der Waals surface area contributed by atoms with E-state index in [0.29, 0.717) is 35.9 Å². The summed E-state index contributed by atoms with van der Waals surface area (Å²) >= 11 is 0. The van der Waals surface area contributed by atoms with Gasteiger partial charge in [-0.3, -0.25) is 0 Å². The van der Waals surface area contributed by atoms with Crippen molar-refractivity contribution in [1.82, 2.24) is 0 Å². The topological polar surface area (TPSA) is 62.0 Å². The van der Waals surface area contributed by atoms with Crippen molar-refractivity contribution in [2.45, 2.75) is 82.8 Å². The minimum atomic E-state index is -0.213. The van der Waals surface area contributed by atoms with Gasteiger partial charge in [0.2, 0.25) is 0 Å². The van der Waals surface area contributed by atoms with Gasteiger partial charge in [0.15, 0.2) is 6.29 Å². The molecular weight excluding hydrogens is 408 g/mol. The van der Waals surface area contributed by atoms with Crippen LogP contribution in [0, 0.1) is 40.4 Å². The summed E-state index contributed by atoms with van der Waals surface area (Å²) in [5.41, 5.74) is 0.180. The average Bonchev–Trinajstić information content (AvgIpc) is 3.62. The number of fused-ring (bicyclic) bond motifs is 6. The van der Waals surface area contributed by atoms with Gasteiger partial charge >= 0.3 is 0 Å². The summed E-state index contributed by atoms with van der Waals surface area (Å²) in [4.78, 5) is 0. The lowest BCUT2D eigenvalue weighted by atomic mass is 9.46. The van der Waals surface area contributed by atoms with Crippen LogP contribution < -0.4 is 0 Å². The molecule has 6 heteroatoms. The van der Waals surface area contributed by atoms with Crippen LogP contribution in [0.2, 0.25) is 0 Å². The maximum absolute atomic E-state index is 6.51. The molecule has 0 bridgehead atoms. The first kappa shape index (κ1) is 20.8. The van der Waals surface area contributed by atoms with E-state index in [9.17, 15) is 0 Å². The quantitative estimate of drug-likeness (QED) is 0.366. The average molecular weight is 447 g/mol. The van der Waals surface area contributed by atoms with E-state index in [0.717, 1.165) is 19.1 Å². The third kappa shape index (κ3) is 2.42. The Hall–Kier alpha value is -0.500. The van der Waals surface area contributed by atoms with Gasteiger partial charge in [0.1, 0.15) is 30.7 Å². The van der Waals surface area contributed by atoms with Gasteiger partial charge in [-0.25, -0.2) is 0 Å². The number of hydrogen-bond acceptors (Lipinski definition) is 6. The smallest absolute Gasteiger partial charge is 0.160 e. The molecule has 6 nitrogen and oxygen atoms in total. The molecule has 3 saturated heterocycles. The summed E-state index contributed by atoms with van der Waals surface area (Å²) < 4.78 is 35.9. The third-order valence-corrected chi connectivity index (χ3v) is 11.1. The lowest BCUT2D eigenvalue weighted by Crippen LogP contribution is -2.60. The lowest BCUT2D eigenvalue weighted by Gasteiger charge is -2.57. The summed E-state index contributed by atoms with van der Waals surface area (Å²) in [5, 5.41) is 0. The van der Waals surface area contributed by atoms with Gasteiger partial charge in [0.05, 0.1) is 19.3 Å². The molecule has 1 spiro atoms. The molecule has 32 heavy (non-hydrogen) atoms. The van der Waals surface area contributed by atoms with Crippen LogP contribution in [-0.2, 0) is 28.4 Å². The predicted octanol–water partition coefficient (Wildman–Crippen LogP) is 3.54. The Kier molecular flexibility index (Phi) is 4.42. The van der Waals surface area contributed by atoms with E-state index < -0.39 is 0 Å². The van der Waals surface area contributed by atoms with Gasteiger partial charge in [0, 0.05) is 18.4 Å². The number of rotatable bonds is 5. The first-order valence-electron chi connectivity index (χ1n) is 12.8. The van der Waals surface area contributed by atoms with Crippen molar-refractivity contribution in [3.63, 3.8) is 0 Å². The van der Waals surface area contributed by atoms with Gasteiger partial charge in [0.25, 0.3) is 0 Å². The molecule has 0 amide bonds. The lowest BCUT2D eigenvalue weighted by molar-refractivity contribution is -0.124. The van der Waals surface area contributed by atoms with Gasteiger partial charge in [-0.05, 0) is 54.8 Å². The van der Waals surface area contributed by atoms with Crippen molar-refractivity contribution < 1.29 is 28.4 Å². The fraction of sp³-hybridized carbons (Fsp3) is 0.923. The van der Waals surface area contributed by atoms with E-state index in [1.807, 2.05) is 0 Å². The zero-order chi connectivity index (χ0) is 21.9. The Labute approximate surface area is 191 Å². The minimum Gasteiger partial charge on any atom is -0.366 e. The molecule has 1 unspecified atom stereocenters. The molecule has 3 heterocycles. The van der Waals surface area contributed by atoms with Crippen LogP contribution in [0.15, 0.2) is 12.2 Å². The van der Waals surface area contributed by atoms with E-state index in [1.54, 1.807) is 7.11 Å². The first-order valence-corrected chi connectivity index (χ1v) is 12.8. The van der Waals surface area contributed by atoms with Crippen molar-refractivity contribution in [3.8, 4) is 0 Å².